The Labute approximate surface area is 162 Å². The number of anilines is 3. The second-order valence-electron chi connectivity index (χ2n) is 6.78. The van der Waals surface area contributed by atoms with Gasteiger partial charge in [0.05, 0.1) is 17.8 Å². The molecule has 0 atom stereocenters. The van der Waals surface area contributed by atoms with Gasteiger partial charge in [-0.3, -0.25) is 9.59 Å². The molecule has 0 saturated carbocycles. The molecule has 0 radical (unpaired) electrons. The Morgan fingerprint density at radius 3 is 2.50 bits per heavy atom. The largest absolute Gasteiger partial charge is 0.508 e. The maximum atomic E-state index is 12.7. The number of amides is 2. The van der Waals surface area contributed by atoms with Crippen molar-refractivity contribution in [2.45, 2.75) is 6.42 Å². The van der Waals surface area contributed by atoms with Crippen molar-refractivity contribution in [1.29, 1.82) is 0 Å². The van der Waals surface area contributed by atoms with Gasteiger partial charge in [-0.05, 0) is 59.2 Å². The van der Waals surface area contributed by atoms with Crippen LogP contribution in [0.4, 0.5) is 17.1 Å². The molecule has 1 aliphatic heterocycles. The monoisotopic (exact) mass is 373 g/mol. The number of carbonyl (C=O) groups excluding carboxylic acids is 2. The van der Waals surface area contributed by atoms with E-state index >= 15 is 0 Å². The minimum Gasteiger partial charge on any atom is -0.508 e. The van der Waals surface area contributed by atoms with E-state index in [1.165, 1.54) is 0 Å². The lowest BCUT2D eigenvalue weighted by Gasteiger charge is -2.12. The molecule has 0 saturated heterocycles. The molecule has 0 unspecified atom stereocenters. The van der Waals surface area contributed by atoms with E-state index in [0.29, 0.717) is 23.4 Å². The Hall–Kier alpha value is -3.80. The van der Waals surface area contributed by atoms with Crippen molar-refractivity contribution in [2.24, 2.45) is 0 Å². The third-order valence-corrected chi connectivity index (χ3v) is 4.92. The number of nitrogens with one attached hydrogen (secondary N) is 1. The van der Waals surface area contributed by atoms with Gasteiger partial charge in [0, 0.05) is 18.3 Å². The lowest BCUT2D eigenvalue weighted by Crippen LogP contribution is -2.20. The summed E-state index contributed by atoms with van der Waals surface area (Å²) < 4.78 is 0. The van der Waals surface area contributed by atoms with Gasteiger partial charge in [-0.2, -0.15) is 0 Å². The van der Waals surface area contributed by atoms with E-state index in [0.717, 1.165) is 22.4 Å². The van der Waals surface area contributed by atoms with Crippen LogP contribution in [0.5, 0.6) is 5.75 Å². The average Bonchev–Trinajstić information content (AvgIpc) is 2.97. The van der Waals surface area contributed by atoms with Gasteiger partial charge < -0.3 is 21.1 Å². The second kappa shape index (κ2) is 6.74. The zero-order valence-electron chi connectivity index (χ0n) is 15.3. The molecular weight excluding hydrogens is 354 g/mol. The van der Waals surface area contributed by atoms with Gasteiger partial charge in [-0.25, -0.2) is 0 Å². The molecule has 140 valence electrons. The molecule has 2 amide bonds. The molecule has 6 nitrogen and oxygen atoms in total. The summed E-state index contributed by atoms with van der Waals surface area (Å²) in [5, 5.41) is 12.3. The number of hydrogen-bond donors (Lipinski definition) is 3. The number of rotatable bonds is 3. The Balaban J connectivity index is 1.60. The Kier molecular flexibility index (Phi) is 4.24. The Bertz CT molecular complexity index is 1090. The first kappa shape index (κ1) is 17.6. The van der Waals surface area contributed by atoms with E-state index in [4.69, 9.17) is 5.73 Å². The summed E-state index contributed by atoms with van der Waals surface area (Å²) in [5.41, 5.74) is 10.9. The summed E-state index contributed by atoms with van der Waals surface area (Å²) in [7, 11) is 1.73. The predicted molar refractivity (Wildman–Crippen MR) is 109 cm³/mol. The van der Waals surface area contributed by atoms with Crippen LogP contribution in [0, 0.1) is 0 Å². The molecule has 4 N–H and O–H groups in total. The molecule has 3 aromatic carbocycles. The average molecular weight is 373 g/mol. The molecule has 0 bridgehead atoms. The van der Waals surface area contributed by atoms with Gasteiger partial charge in [-0.1, -0.05) is 18.2 Å². The number of benzene rings is 3. The molecule has 0 fully saturated rings. The van der Waals surface area contributed by atoms with Crippen LogP contribution in [0.1, 0.15) is 15.9 Å². The second-order valence-corrected chi connectivity index (χ2v) is 6.78. The highest BCUT2D eigenvalue weighted by atomic mass is 16.3. The summed E-state index contributed by atoms with van der Waals surface area (Å²) in [6.45, 7) is 0. The summed E-state index contributed by atoms with van der Waals surface area (Å²) in [4.78, 5) is 26.2. The fourth-order valence-corrected chi connectivity index (χ4v) is 3.30. The SMILES string of the molecule is CN1C(=O)Cc2cc(C(=O)Nc3cc(-c4ccc(O)cc4)ccc3N)ccc21. The number of aromatic hydroxyl groups is 1. The summed E-state index contributed by atoms with van der Waals surface area (Å²) in [6.07, 6.45) is 0.297. The summed E-state index contributed by atoms with van der Waals surface area (Å²) in [5.74, 6) is -0.0915. The number of likely N-dealkylation sites (N-methyl/N-ethyl adjacent to an activating group) is 1. The third-order valence-electron chi connectivity index (χ3n) is 4.92. The van der Waals surface area contributed by atoms with Crippen molar-refractivity contribution < 1.29 is 14.7 Å². The minimum atomic E-state index is -0.292. The molecule has 1 aliphatic rings. The van der Waals surface area contributed by atoms with Crippen molar-refractivity contribution in [2.75, 3.05) is 23.0 Å². The fraction of sp³-hybridized carbons (Fsp3) is 0.0909. The van der Waals surface area contributed by atoms with E-state index in [2.05, 4.69) is 5.32 Å². The molecule has 28 heavy (non-hydrogen) atoms. The van der Waals surface area contributed by atoms with Gasteiger partial charge in [0.15, 0.2) is 0 Å². The van der Waals surface area contributed by atoms with Crippen LogP contribution in [-0.4, -0.2) is 24.0 Å². The standard InChI is InChI=1S/C22H19N3O3/c1-25-20-9-5-15(10-16(20)12-21(25)27)22(28)24-19-11-14(4-8-18(19)23)13-2-6-17(26)7-3-13/h2-11,26H,12,23H2,1H3,(H,24,28). The number of nitrogens with zero attached hydrogens (tertiary/aromatic N) is 1. The normalized spacial score (nSPS) is 12.8. The van der Waals surface area contributed by atoms with E-state index in [-0.39, 0.29) is 17.6 Å². The van der Waals surface area contributed by atoms with Crippen LogP contribution in [0.3, 0.4) is 0 Å². The molecule has 0 spiro atoms. The number of hydrogen-bond acceptors (Lipinski definition) is 4. The summed E-state index contributed by atoms with van der Waals surface area (Å²) in [6, 6.07) is 17.4. The van der Waals surface area contributed by atoms with Crippen molar-refractivity contribution >= 4 is 28.9 Å². The van der Waals surface area contributed by atoms with Crippen molar-refractivity contribution in [3.8, 4) is 16.9 Å². The zero-order chi connectivity index (χ0) is 19.8. The van der Waals surface area contributed by atoms with Crippen molar-refractivity contribution in [1.82, 2.24) is 0 Å². The topological polar surface area (TPSA) is 95.7 Å². The van der Waals surface area contributed by atoms with Crippen LogP contribution in [0.25, 0.3) is 11.1 Å². The van der Waals surface area contributed by atoms with E-state index in [1.54, 1.807) is 66.5 Å². The van der Waals surface area contributed by atoms with Crippen LogP contribution in [0.15, 0.2) is 60.7 Å². The van der Waals surface area contributed by atoms with Gasteiger partial charge in [0.2, 0.25) is 5.91 Å². The Morgan fingerprint density at radius 2 is 1.75 bits per heavy atom. The smallest absolute Gasteiger partial charge is 0.255 e. The van der Waals surface area contributed by atoms with Crippen LogP contribution < -0.4 is 16.0 Å². The maximum Gasteiger partial charge on any atom is 0.255 e. The molecule has 6 heteroatoms. The van der Waals surface area contributed by atoms with Gasteiger partial charge in [0.25, 0.3) is 5.91 Å². The first-order chi connectivity index (χ1) is 13.4. The van der Waals surface area contributed by atoms with Gasteiger partial charge >= 0.3 is 0 Å². The van der Waals surface area contributed by atoms with Crippen molar-refractivity contribution in [3.63, 3.8) is 0 Å². The molecule has 0 aliphatic carbocycles. The minimum absolute atomic E-state index is 0.0124. The lowest BCUT2D eigenvalue weighted by atomic mass is 10.0. The predicted octanol–water partition coefficient (Wildman–Crippen LogP) is 3.41. The lowest BCUT2D eigenvalue weighted by molar-refractivity contribution is -0.117. The highest BCUT2D eigenvalue weighted by Crippen LogP contribution is 2.30. The highest BCUT2D eigenvalue weighted by molar-refractivity contribution is 6.08. The van der Waals surface area contributed by atoms with Gasteiger partial charge in [-0.15, -0.1) is 0 Å². The third kappa shape index (κ3) is 3.16. The number of carbonyl (C=O) groups is 2. The summed E-state index contributed by atoms with van der Waals surface area (Å²) >= 11 is 0. The van der Waals surface area contributed by atoms with Gasteiger partial charge in [0.1, 0.15) is 5.75 Å². The van der Waals surface area contributed by atoms with E-state index in [9.17, 15) is 14.7 Å². The first-order valence-electron chi connectivity index (χ1n) is 8.82. The maximum absolute atomic E-state index is 12.7. The highest BCUT2D eigenvalue weighted by Gasteiger charge is 2.24. The molecule has 3 aromatic rings. The van der Waals surface area contributed by atoms with E-state index in [1.807, 2.05) is 6.07 Å². The zero-order valence-corrected chi connectivity index (χ0v) is 15.3. The molecule has 4 rings (SSSR count). The van der Waals surface area contributed by atoms with Crippen LogP contribution in [-0.2, 0) is 11.2 Å². The molecular formula is C22H19N3O3. The molecule has 0 aromatic heterocycles. The van der Waals surface area contributed by atoms with Crippen LogP contribution in [0.2, 0.25) is 0 Å². The molecule has 1 heterocycles. The van der Waals surface area contributed by atoms with Crippen LogP contribution >= 0.6 is 0 Å². The number of phenolic OH excluding ortho intramolecular Hbond substituents is 1. The Morgan fingerprint density at radius 1 is 1.04 bits per heavy atom. The number of fused-ring (bicyclic) bond motifs is 1. The quantitative estimate of drug-likeness (QED) is 0.613. The van der Waals surface area contributed by atoms with E-state index < -0.39 is 0 Å². The number of nitrogen functional groups attached to an aromatic ring is 1. The number of phenols is 1. The first-order valence-corrected chi connectivity index (χ1v) is 8.82. The van der Waals surface area contributed by atoms with Crippen molar-refractivity contribution in [3.05, 3.63) is 71.8 Å². The number of nitrogens with two attached hydrogens (primary N) is 1. The fourth-order valence-electron chi connectivity index (χ4n) is 3.30.